The largest absolute Gasteiger partial charge is 0.390 e. The van der Waals surface area contributed by atoms with Gasteiger partial charge in [0.2, 0.25) is 0 Å². The second kappa shape index (κ2) is 5.10. The number of aliphatic hydroxyl groups is 2. The number of aliphatic hydroxyl groups excluding tert-OH is 2. The summed E-state index contributed by atoms with van der Waals surface area (Å²) in [6.45, 7) is 5.50. The quantitative estimate of drug-likeness (QED) is 0.604. The summed E-state index contributed by atoms with van der Waals surface area (Å²) in [5, 5.41) is 17.9. The van der Waals surface area contributed by atoms with E-state index in [9.17, 15) is 0 Å². The van der Waals surface area contributed by atoms with Crippen molar-refractivity contribution in [1.82, 2.24) is 0 Å². The summed E-state index contributed by atoms with van der Waals surface area (Å²) < 4.78 is 0. The van der Waals surface area contributed by atoms with Crippen LogP contribution in [0.4, 0.5) is 0 Å². The lowest BCUT2D eigenvalue weighted by molar-refractivity contribution is 0.0619. The number of allylic oxidation sites excluding steroid dienone is 3. The minimum absolute atomic E-state index is 0.697. The van der Waals surface area contributed by atoms with Crippen molar-refractivity contribution in [3.05, 3.63) is 23.8 Å². The van der Waals surface area contributed by atoms with Crippen LogP contribution in [0.25, 0.3) is 0 Å². The Hall–Kier alpha value is -0.600. The lowest BCUT2D eigenvalue weighted by atomic mass is 10.2. The van der Waals surface area contributed by atoms with Gasteiger partial charge in [-0.2, -0.15) is 0 Å². The first-order chi connectivity index (χ1) is 5.04. The molecule has 0 amide bonds. The summed E-state index contributed by atoms with van der Waals surface area (Å²) in [4.78, 5) is 0. The third kappa shape index (κ3) is 5.83. The van der Waals surface area contributed by atoms with Gasteiger partial charge >= 0.3 is 0 Å². The number of hydrogen-bond acceptors (Lipinski definition) is 2. The predicted octanol–water partition coefficient (Wildman–Crippen LogP) is 1.25. The van der Waals surface area contributed by atoms with Crippen molar-refractivity contribution in [1.29, 1.82) is 0 Å². The number of hydrogen-bond donors (Lipinski definition) is 2. The SMILES string of the molecule is CC(C)=C/C=C/[C@H](O)[C@H](C)O. The maximum absolute atomic E-state index is 9.07. The molecular formula is C9H16O2. The molecule has 2 heteroatoms. The monoisotopic (exact) mass is 156 g/mol. The first-order valence-electron chi connectivity index (χ1n) is 3.72. The van der Waals surface area contributed by atoms with E-state index < -0.39 is 12.2 Å². The van der Waals surface area contributed by atoms with Gasteiger partial charge in [-0.15, -0.1) is 0 Å². The Morgan fingerprint density at radius 2 is 1.82 bits per heavy atom. The molecule has 0 rings (SSSR count). The maximum Gasteiger partial charge on any atom is 0.0980 e. The van der Waals surface area contributed by atoms with E-state index in [2.05, 4.69) is 0 Å². The van der Waals surface area contributed by atoms with Crippen LogP contribution in [-0.2, 0) is 0 Å². The van der Waals surface area contributed by atoms with Crippen molar-refractivity contribution in [3.63, 3.8) is 0 Å². The van der Waals surface area contributed by atoms with Crippen LogP contribution in [0.3, 0.4) is 0 Å². The molecule has 0 aromatic carbocycles. The molecule has 0 saturated carbocycles. The van der Waals surface area contributed by atoms with Crippen molar-refractivity contribution in [2.24, 2.45) is 0 Å². The van der Waals surface area contributed by atoms with Crippen LogP contribution < -0.4 is 0 Å². The predicted molar refractivity (Wildman–Crippen MR) is 46.3 cm³/mol. The van der Waals surface area contributed by atoms with Crippen molar-refractivity contribution < 1.29 is 10.2 Å². The highest BCUT2D eigenvalue weighted by Crippen LogP contribution is 1.95. The van der Waals surface area contributed by atoms with E-state index >= 15 is 0 Å². The van der Waals surface area contributed by atoms with E-state index in [0.717, 1.165) is 0 Å². The first-order valence-corrected chi connectivity index (χ1v) is 3.72. The molecular weight excluding hydrogens is 140 g/mol. The zero-order valence-electron chi connectivity index (χ0n) is 7.28. The zero-order chi connectivity index (χ0) is 8.85. The molecule has 0 saturated heterocycles. The second-order valence-electron chi connectivity index (χ2n) is 2.86. The molecule has 0 aliphatic heterocycles. The van der Waals surface area contributed by atoms with Gasteiger partial charge in [-0.05, 0) is 20.8 Å². The van der Waals surface area contributed by atoms with Gasteiger partial charge in [0, 0.05) is 0 Å². The van der Waals surface area contributed by atoms with Crippen molar-refractivity contribution >= 4 is 0 Å². The Balaban J connectivity index is 3.84. The van der Waals surface area contributed by atoms with Gasteiger partial charge in [0.15, 0.2) is 0 Å². The van der Waals surface area contributed by atoms with Gasteiger partial charge in [-0.3, -0.25) is 0 Å². The fourth-order valence-corrected chi connectivity index (χ4v) is 0.523. The number of rotatable bonds is 3. The molecule has 0 aliphatic carbocycles. The normalized spacial score (nSPS) is 16.5. The highest BCUT2D eigenvalue weighted by molar-refractivity contribution is 5.10. The Morgan fingerprint density at radius 3 is 2.18 bits per heavy atom. The van der Waals surface area contributed by atoms with Crippen LogP contribution in [0.15, 0.2) is 23.8 Å². The van der Waals surface area contributed by atoms with E-state index in [-0.39, 0.29) is 0 Å². The van der Waals surface area contributed by atoms with E-state index in [1.165, 1.54) is 5.57 Å². The Kier molecular flexibility index (Phi) is 4.83. The molecule has 0 aromatic rings. The van der Waals surface area contributed by atoms with Crippen LogP contribution in [0, 0.1) is 0 Å². The van der Waals surface area contributed by atoms with Crippen molar-refractivity contribution in [2.75, 3.05) is 0 Å². The third-order valence-electron chi connectivity index (χ3n) is 1.23. The zero-order valence-corrected chi connectivity index (χ0v) is 7.28. The molecule has 2 nitrogen and oxygen atoms in total. The second-order valence-corrected chi connectivity index (χ2v) is 2.86. The molecule has 0 bridgehead atoms. The van der Waals surface area contributed by atoms with Crippen LogP contribution in [0.5, 0.6) is 0 Å². The molecule has 2 atom stereocenters. The molecule has 2 N–H and O–H groups in total. The van der Waals surface area contributed by atoms with Gasteiger partial charge in [0.1, 0.15) is 0 Å². The molecule has 0 heterocycles. The molecule has 0 aromatic heterocycles. The smallest absolute Gasteiger partial charge is 0.0980 e. The molecule has 11 heavy (non-hydrogen) atoms. The van der Waals surface area contributed by atoms with Gasteiger partial charge in [-0.1, -0.05) is 23.8 Å². The average molecular weight is 156 g/mol. The topological polar surface area (TPSA) is 40.5 Å². The van der Waals surface area contributed by atoms with Crippen LogP contribution in [-0.4, -0.2) is 22.4 Å². The van der Waals surface area contributed by atoms with E-state index in [1.54, 1.807) is 19.1 Å². The lowest BCUT2D eigenvalue weighted by Crippen LogP contribution is -2.19. The van der Waals surface area contributed by atoms with Crippen LogP contribution in [0.1, 0.15) is 20.8 Å². The molecule has 0 aliphatic rings. The summed E-state index contributed by atoms with van der Waals surface area (Å²) in [6.07, 6.45) is 3.73. The fraction of sp³-hybridized carbons (Fsp3) is 0.556. The summed E-state index contributed by atoms with van der Waals surface area (Å²) in [5.41, 5.74) is 1.17. The first kappa shape index (κ1) is 10.4. The summed E-state index contributed by atoms with van der Waals surface area (Å²) in [5.74, 6) is 0. The molecule has 0 fully saturated rings. The van der Waals surface area contributed by atoms with Gasteiger partial charge in [0.05, 0.1) is 12.2 Å². The van der Waals surface area contributed by atoms with Crippen LogP contribution >= 0.6 is 0 Å². The third-order valence-corrected chi connectivity index (χ3v) is 1.23. The van der Waals surface area contributed by atoms with Crippen molar-refractivity contribution in [3.8, 4) is 0 Å². The van der Waals surface area contributed by atoms with Crippen LogP contribution in [0.2, 0.25) is 0 Å². The minimum atomic E-state index is -0.759. The average Bonchev–Trinajstić information content (AvgIpc) is 1.86. The van der Waals surface area contributed by atoms with Gasteiger partial charge in [0.25, 0.3) is 0 Å². The van der Waals surface area contributed by atoms with E-state index in [0.29, 0.717) is 0 Å². The molecule has 0 spiro atoms. The molecule has 64 valence electrons. The summed E-state index contributed by atoms with van der Waals surface area (Å²) in [7, 11) is 0. The summed E-state index contributed by atoms with van der Waals surface area (Å²) >= 11 is 0. The minimum Gasteiger partial charge on any atom is -0.390 e. The summed E-state index contributed by atoms with van der Waals surface area (Å²) in [6, 6.07) is 0. The van der Waals surface area contributed by atoms with E-state index in [4.69, 9.17) is 10.2 Å². The van der Waals surface area contributed by atoms with Crippen molar-refractivity contribution in [2.45, 2.75) is 33.0 Å². The molecule has 0 unspecified atom stereocenters. The standard InChI is InChI=1S/C9H16O2/c1-7(2)5-4-6-9(11)8(3)10/h4-6,8-11H,1-3H3/b6-4+/t8-,9-/m0/s1. The maximum atomic E-state index is 9.07. The Labute approximate surface area is 67.9 Å². The van der Waals surface area contributed by atoms with Gasteiger partial charge < -0.3 is 10.2 Å². The highest BCUT2D eigenvalue weighted by Gasteiger charge is 2.04. The highest BCUT2D eigenvalue weighted by atomic mass is 16.3. The Morgan fingerprint density at radius 1 is 1.27 bits per heavy atom. The lowest BCUT2D eigenvalue weighted by Gasteiger charge is -2.06. The fourth-order valence-electron chi connectivity index (χ4n) is 0.523. The van der Waals surface area contributed by atoms with Gasteiger partial charge in [-0.25, -0.2) is 0 Å². The molecule has 0 radical (unpaired) electrons. The Bertz CT molecular complexity index is 153. The van der Waals surface area contributed by atoms with E-state index in [1.807, 2.05) is 19.9 Å².